The van der Waals surface area contributed by atoms with Gasteiger partial charge in [-0.3, -0.25) is 4.18 Å². The van der Waals surface area contributed by atoms with Crippen molar-refractivity contribution in [2.24, 2.45) is 0 Å². The summed E-state index contributed by atoms with van der Waals surface area (Å²) in [5.74, 6) is -0.507. The van der Waals surface area contributed by atoms with Gasteiger partial charge < -0.3 is 4.74 Å². The minimum absolute atomic E-state index is 0.00452. The van der Waals surface area contributed by atoms with Crippen molar-refractivity contribution in [1.82, 2.24) is 15.0 Å². The number of rotatable bonds is 7. The highest BCUT2D eigenvalue weighted by Gasteiger charge is 2.11. The number of esters is 1. The monoisotopic (exact) mass is 339 g/mol. The van der Waals surface area contributed by atoms with Crippen molar-refractivity contribution in [3.63, 3.8) is 0 Å². The zero-order valence-electron chi connectivity index (χ0n) is 12.8. The first-order chi connectivity index (χ1) is 10.9. The SMILES string of the molecule is CCOC(=O)c1cn(Cc2ccc(COS(C)(=O)=O)cc2)nn1. The van der Waals surface area contributed by atoms with Gasteiger partial charge in [0.1, 0.15) is 0 Å². The van der Waals surface area contributed by atoms with Gasteiger partial charge in [0.05, 0.1) is 32.2 Å². The maximum absolute atomic E-state index is 11.5. The van der Waals surface area contributed by atoms with Crippen molar-refractivity contribution < 1.29 is 22.1 Å². The Labute approximate surface area is 134 Å². The van der Waals surface area contributed by atoms with Gasteiger partial charge in [-0.15, -0.1) is 5.10 Å². The average molecular weight is 339 g/mol. The molecule has 2 rings (SSSR count). The van der Waals surface area contributed by atoms with Crippen molar-refractivity contribution in [2.45, 2.75) is 20.1 Å². The summed E-state index contributed by atoms with van der Waals surface area (Å²) >= 11 is 0. The largest absolute Gasteiger partial charge is 0.461 e. The number of aromatic nitrogens is 3. The van der Waals surface area contributed by atoms with Crippen molar-refractivity contribution in [3.8, 4) is 0 Å². The highest BCUT2D eigenvalue weighted by Crippen LogP contribution is 2.09. The average Bonchev–Trinajstić information content (AvgIpc) is 2.95. The molecule has 8 nitrogen and oxygen atoms in total. The molecule has 0 amide bonds. The maximum Gasteiger partial charge on any atom is 0.360 e. The van der Waals surface area contributed by atoms with Crippen LogP contribution in [0.25, 0.3) is 0 Å². The molecule has 0 spiro atoms. The normalized spacial score (nSPS) is 11.4. The number of hydrogen-bond donors (Lipinski definition) is 0. The van der Waals surface area contributed by atoms with E-state index >= 15 is 0 Å². The highest BCUT2D eigenvalue weighted by molar-refractivity contribution is 7.85. The Bertz CT molecular complexity index is 768. The molecular weight excluding hydrogens is 322 g/mol. The molecule has 0 saturated carbocycles. The van der Waals surface area contributed by atoms with E-state index in [9.17, 15) is 13.2 Å². The lowest BCUT2D eigenvalue weighted by Gasteiger charge is -2.04. The molecule has 23 heavy (non-hydrogen) atoms. The van der Waals surface area contributed by atoms with Crippen LogP contribution in [0, 0.1) is 0 Å². The van der Waals surface area contributed by atoms with Crippen LogP contribution in [0.3, 0.4) is 0 Å². The second kappa shape index (κ2) is 7.34. The van der Waals surface area contributed by atoms with Crippen LogP contribution < -0.4 is 0 Å². The third-order valence-corrected chi connectivity index (χ3v) is 3.38. The van der Waals surface area contributed by atoms with Crippen LogP contribution in [0.4, 0.5) is 0 Å². The number of carbonyl (C=O) groups excluding carboxylic acids is 1. The third kappa shape index (κ3) is 5.46. The molecule has 2 aromatic rings. The van der Waals surface area contributed by atoms with Crippen LogP contribution in [-0.4, -0.2) is 42.2 Å². The van der Waals surface area contributed by atoms with Crippen LogP contribution in [0.15, 0.2) is 30.5 Å². The van der Waals surface area contributed by atoms with Gasteiger partial charge in [0.2, 0.25) is 0 Å². The summed E-state index contributed by atoms with van der Waals surface area (Å²) in [7, 11) is -3.46. The zero-order chi connectivity index (χ0) is 16.9. The van der Waals surface area contributed by atoms with Gasteiger partial charge in [0.25, 0.3) is 10.1 Å². The topological polar surface area (TPSA) is 100 Å². The molecule has 0 aliphatic rings. The fourth-order valence-electron chi connectivity index (χ4n) is 1.78. The van der Waals surface area contributed by atoms with Gasteiger partial charge in [-0.2, -0.15) is 8.42 Å². The Morgan fingerprint density at radius 3 is 2.48 bits per heavy atom. The number of hydrogen-bond acceptors (Lipinski definition) is 7. The Kier molecular flexibility index (Phi) is 5.45. The molecule has 0 N–H and O–H groups in total. The molecular formula is C14H17N3O5S. The first-order valence-electron chi connectivity index (χ1n) is 6.87. The van der Waals surface area contributed by atoms with E-state index in [0.29, 0.717) is 6.54 Å². The standard InChI is InChI=1S/C14H17N3O5S/c1-3-21-14(18)13-9-17(16-15-13)8-11-4-6-12(7-5-11)10-22-23(2,19)20/h4-7,9H,3,8,10H2,1-2H3. The molecule has 0 atom stereocenters. The number of benzene rings is 1. The van der Waals surface area contributed by atoms with Crippen molar-refractivity contribution in [1.29, 1.82) is 0 Å². The Morgan fingerprint density at radius 2 is 1.87 bits per heavy atom. The Balaban J connectivity index is 1.97. The molecule has 124 valence electrons. The fraction of sp³-hybridized carbons (Fsp3) is 0.357. The lowest BCUT2D eigenvalue weighted by atomic mass is 10.1. The minimum Gasteiger partial charge on any atom is -0.461 e. The minimum atomic E-state index is -3.46. The fourth-order valence-corrected chi connectivity index (χ4v) is 2.13. The van der Waals surface area contributed by atoms with E-state index in [1.165, 1.54) is 10.9 Å². The van der Waals surface area contributed by atoms with E-state index in [1.807, 2.05) is 12.1 Å². The van der Waals surface area contributed by atoms with Crippen molar-refractivity contribution in [2.75, 3.05) is 12.9 Å². The number of carbonyl (C=O) groups is 1. The predicted molar refractivity (Wildman–Crippen MR) is 81.2 cm³/mol. The lowest BCUT2D eigenvalue weighted by molar-refractivity contribution is 0.0519. The van der Waals surface area contributed by atoms with E-state index in [1.54, 1.807) is 19.1 Å². The van der Waals surface area contributed by atoms with Gasteiger partial charge in [0, 0.05) is 0 Å². The molecule has 1 aromatic heterocycles. The number of nitrogens with zero attached hydrogens (tertiary/aromatic N) is 3. The molecule has 0 unspecified atom stereocenters. The summed E-state index contributed by atoms with van der Waals surface area (Å²) in [6.07, 6.45) is 2.52. The maximum atomic E-state index is 11.5. The molecule has 0 radical (unpaired) electrons. The Hall–Kier alpha value is -2.26. The summed E-state index contributed by atoms with van der Waals surface area (Å²) in [6.45, 7) is 2.43. The van der Waals surface area contributed by atoms with E-state index < -0.39 is 16.1 Å². The summed E-state index contributed by atoms with van der Waals surface area (Å²) in [5.41, 5.74) is 1.82. The lowest BCUT2D eigenvalue weighted by Crippen LogP contribution is -2.05. The van der Waals surface area contributed by atoms with Crippen molar-refractivity contribution in [3.05, 3.63) is 47.3 Å². The van der Waals surface area contributed by atoms with E-state index in [0.717, 1.165) is 17.4 Å². The molecule has 9 heteroatoms. The van der Waals surface area contributed by atoms with Crippen molar-refractivity contribution >= 4 is 16.1 Å². The first-order valence-corrected chi connectivity index (χ1v) is 8.68. The van der Waals surface area contributed by atoms with E-state index in [2.05, 4.69) is 10.3 Å². The molecule has 1 heterocycles. The molecule has 0 aliphatic carbocycles. The third-order valence-electron chi connectivity index (χ3n) is 2.83. The Morgan fingerprint density at radius 1 is 1.22 bits per heavy atom. The van der Waals surface area contributed by atoms with Crippen LogP contribution in [0.1, 0.15) is 28.5 Å². The summed E-state index contributed by atoms with van der Waals surface area (Å²) in [6, 6.07) is 7.19. The van der Waals surface area contributed by atoms with Gasteiger partial charge >= 0.3 is 5.97 Å². The van der Waals surface area contributed by atoms with Gasteiger partial charge in [0.15, 0.2) is 5.69 Å². The number of ether oxygens (including phenoxy) is 1. The predicted octanol–water partition coefficient (Wildman–Crippen LogP) is 0.979. The quantitative estimate of drug-likeness (QED) is 0.547. The van der Waals surface area contributed by atoms with Crippen LogP contribution >= 0.6 is 0 Å². The molecule has 0 bridgehead atoms. The molecule has 0 fully saturated rings. The summed E-state index contributed by atoms with van der Waals surface area (Å²) in [4.78, 5) is 11.5. The van der Waals surface area contributed by atoms with Crippen LogP contribution in [0.2, 0.25) is 0 Å². The second-order valence-electron chi connectivity index (χ2n) is 4.80. The van der Waals surface area contributed by atoms with E-state index in [4.69, 9.17) is 8.92 Å². The molecule has 0 saturated heterocycles. The van der Waals surface area contributed by atoms with E-state index in [-0.39, 0.29) is 18.9 Å². The summed E-state index contributed by atoms with van der Waals surface area (Å²) in [5, 5.41) is 7.62. The smallest absolute Gasteiger partial charge is 0.360 e. The first kappa shape index (κ1) is 17.1. The van der Waals surface area contributed by atoms with Gasteiger partial charge in [-0.25, -0.2) is 9.48 Å². The van der Waals surface area contributed by atoms with Crippen LogP contribution in [-0.2, 0) is 32.2 Å². The molecule has 1 aromatic carbocycles. The highest BCUT2D eigenvalue weighted by atomic mass is 32.2. The van der Waals surface area contributed by atoms with Gasteiger partial charge in [-0.1, -0.05) is 29.5 Å². The van der Waals surface area contributed by atoms with Crippen LogP contribution in [0.5, 0.6) is 0 Å². The van der Waals surface area contributed by atoms with Gasteiger partial charge in [-0.05, 0) is 18.1 Å². The zero-order valence-corrected chi connectivity index (χ0v) is 13.6. The molecule has 0 aliphatic heterocycles. The second-order valence-corrected chi connectivity index (χ2v) is 6.45. The summed E-state index contributed by atoms with van der Waals surface area (Å²) < 4.78 is 33.0.